The molecule has 6 aromatic carbocycles. The fourth-order valence-corrected chi connectivity index (χ4v) is 6.86. The van der Waals surface area contributed by atoms with E-state index in [0.29, 0.717) is 0 Å². The average Bonchev–Trinajstić information content (AvgIpc) is 3.02. The van der Waals surface area contributed by atoms with Crippen LogP contribution in [0, 0.1) is 0 Å². The quantitative estimate of drug-likeness (QED) is 0.0671. The molecule has 6 rings (SSSR count). The Balaban J connectivity index is 0.000000537. The van der Waals surface area contributed by atoms with Gasteiger partial charge >= 0.3 is 33.0 Å². The molecule has 0 unspecified atom stereocenters. The van der Waals surface area contributed by atoms with Gasteiger partial charge in [-0.15, -0.1) is 0 Å². The van der Waals surface area contributed by atoms with Crippen LogP contribution in [0.1, 0.15) is 0 Å². The Morgan fingerprint density at radius 3 is 0.848 bits per heavy atom. The largest absolute Gasteiger partial charge is 0.158 e. The van der Waals surface area contributed by atoms with Crippen molar-refractivity contribution >= 4 is 43.1 Å². The van der Waals surface area contributed by atoms with Gasteiger partial charge in [-0.05, 0) is 119 Å². The summed E-state index contributed by atoms with van der Waals surface area (Å²) in [6.07, 6.45) is 0. The van der Waals surface area contributed by atoms with E-state index in [1.54, 1.807) is 23.5 Å². The fraction of sp³-hybridized carbons (Fsp3) is 0. The van der Waals surface area contributed by atoms with Gasteiger partial charge in [0.25, 0.3) is 0 Å². The van der Waals surface area contributed by atoms with Crippen LogP contribution in [-0.4, -0.2) is 0 Å². The monoisotopic (exact) mass is 700 g/mol. The van der Waals surface area contributed by atoms with E-state index in [0.717, 1.165) is 0 Å². The Labute approximate surface area is 276 Å². The summed E-state index contributed by atoms with van der Waals surface area (Å²) in [4.78, 5) is 7.63. The minimum Gasteiger partial charge on any atom is -0.0901 e. The minimum absolute atomic E-state index is 1.22. The van der Waals surface area contributed by atoms with Gasteiger partial charge in [-0.3, -0.25) is 0 Å². The summed E-state index contributed by atoms with van der Waals surface area (Å²) >= 11 is 4.81. The Morgan fingerprint density at radius 2 is 0.565 bits per heavy atom. The van der Waals surface area contributed by atoms with E-state index >= 15 is 0 Å². The van der Waals surface area contributed by atoms with Crippen molar-refractivity contribution in [2.24, 2.45) is 0 Å². The summed E-state index contributed by atoms with van der Waals surface area (Å²) in [5, 5.41) is 0. The number of hydrogen-bond acceptors (Lipinski definition) is 2. The first-order valence-electron chi connectivity index (χ1n) is 13.9. The molecule has 0 heterocycles. The molecule has 0 fully saturated rings. The molecule has 0 saturated carbocycles. The molecule has 0 radical (unpaired) electrons. The summed E-state index contributed by atoms with van der Waals surface area (Å²) in [6.45, 7) is 0. The van der Waals surface area contributed by atoms with E-state index < -0.39 is 7.81 Å². The van der Waals surface area contributed by atoms with Gasteiger partial charge in [-0.25, -0.2) is 0 Å². The van der Waals surface area contributed by atoms with Gasteiger partial charge in [0.15, 0.2) is 9.79 Å². The molecular weight excluding hydrogens is 674 g/mol. The van der Waals surface area contributed by atoms with Crippen LogP contribution in [0.2, 0.25) is 0 Å². The topological polar surface area (TPSA) is 0 Å². The Morgan fingerprint density at radius 1 is 0.326 bits per heavy atom. The van der Waals surface area contributed by atoms with E-state index in [2.05, 4.69) is 158 Å². The van der Waals surface area contributed by atoms with Crippen LogP contribution in [0.3, 0.4) is 0 Å². The zero-order valence-electron chi connectivity index (χ0n) is 24.0. The van der Waals surface area contributed by atoms with Crippen molar-refractivity contribution in [3.63, 3.8) is 0 Å². The summed E-state index contributed by atoms with van der Waals surface area (Å²) in [7, 11) is -10.7. The molecule has 46 heavy (non-hydrogen) atoms. The molecule has 6 aromatic rings. The molecule has 0 saturated heterocycles. The number of benzene rings is 6. The normalized spacial score (nSPS) is 12.7. The van der Waals surface area contributed by atoms with E-state index in [9.17, 15) is 25.2 Å². The second kappa shape index (κ2) is 13.6. The molecule has 0 nitrogen and oxygen atoms in total. The van der Waals surface area contributed by atoms with Crippen LogP contribution in [-0.2, 0) is 11.8 Å². The number of thiol groups is 1. The summed E-state index contributed by atoms with van der Waals surface area (Å²) in [6, 6.07) is 56.5. The van der Waals surface area contributed by atoms with Crippen LogP contribution < -0.4 is 0 Å². The van der Waals surface area contributed by atoms with E-state index in [1.807, 2.05) is 0 Å². The van der Waals surface area contributed by atoms with Gasteiger partial charge < -0.3 is 0 Å². The van der Waals surface area contributed by atoms with Crippen LogP contribution >= 0.6 is 31.3 Å². The number of rotatable bonds is 8. The Kier molecular flexibility index (Phi) is 9.99. The maximum Gasteiger partial charge on any atom is 0.158 e. The predicted octanol–water partition coefficient (Wildman–Crippen LogP) is 13.9. The minimum atomic E-state index is -10.7. The number of halogens is 6. The van der Waals surface area contributed by atoms with Gasteiger partial charge in [0.2, 0.25) is 0 Å². The third-order valence-electron chi connectivity index (χ3n) is 6.33. The maximum absolute atomic E-state index is 10.7. The molecule has 0 atom stereocenters. The van der Waals surface area contributed by atoms with Gasteiger partial charge in [0.1, 0.15) is 0 Å². The van der Waals surface area contributed by atoms with E-state index in [-0.39, 0.29) is 0 Å². The third kappa shape index (κ3) is 12.0. The maximum atomic E-state index is 9.87. The molecule has 0 spiro atoms. The van der Waals surface area contributed by atoms with Crippen LogP contribution in [0.4, 0.5) is 25.2 Å². The molecule has 236 valence electrons. The molecule has 0 aromatic heterocycles. The van der Waals surface area contributed by atoms with Crippen LogP contribution in [0.5, 0.6) is 0 Å². The molecule has 0 amide bonds. The van der Waals surface area contributed by atoms with Crippen molar-refractivity contribution in [1.82, 2.24) is 0 Å². The first-order chi connectivity index (χ1) is 21.7. The molecule has 10 heteroatoms. The molecular formula is C36H27F6PS3. The summed E-state index contributed by atoms with van der Waals surface area (Å²) < 4.78 is 59.2. The summed E-state index contributed by atoms with van der Waals surface area (Å²) in [5.74, 6) is 0. The van der Waals surface area contributed by atoms with E-state index in [4.69, 9.17) is 0 Å². The van der Waals surface area contributed by atoms with Crippen molar-refractivity contribution in [2.75, 3.05) is 0 Å². The van der Waals surface area contributed by atoms with Gasteiger partial charge in [0.05, 0.1) is 0 Å². The zero-order valence-corrected chi connectivity index (χ0v) is 27.4. The van der Waals surface area contributed by atoms with E-state index in [1.165, 1.54) is 63.4 Å². The smallest absolute Gasteiger partial charge is 0.0901 e. The van der Waals surface area contributed by atoms with Crippen molar-refractivity contribution in [3.8, 4) is 22.3 Å². The second-order valence-corrected chi connectivity index (χ2v) is 15.5. The molecule has 0 aliphatic heterocycles. The standard InChI is InChI=1S/C36H26S3.F6P/c1-3-7-31(8-4-1)37-33-19-11-27(12-20-33)29-15-23-35(24-16-29)39-36-25-17-30(18-26-36)28-13-21-34(22-14-28)38-32-9-5-2-6-10-32;1-7(2,3,4,5)6/h1-26H;/q;-1/p+1. The molecule has 0 aliphatic carbocycles. The Hall–Kier alpha value is -3.62. The van der Waals surface area contributed by atoms with Gasteiger partial charge in [0, 0.05) is 31.3 Å². The fourth-order valence-electron chi connectivity index (χ4n) is 4.29. The van der Waals surface area contributed by atoms with Gasteiger partial charge in [-0.1, -0.05) is 84.2 Å². The molecule has 0 bridgehead atoms. The van der Waals surface area contributed by atoms with Crippen molar-refractivity contribution < 1.29 is 25.2 Å². The van der Waals surface area contributed by atoms with Crippen molar-refractivity contribution in [3.05, 3.63) is 158 Å². The van der Waals surface area contributed by atoms with Crippen molar-refractivity contribution in [2.45, 2.75) is 29.4 Å². The average molecular weight is 701 g/mol. The third-order valence-corrected chi connectivity index (χ3v) is 9.47. The SMILES string of the molecule is F[P-](F)(F)(F)(F)F.c1ccc(Sc2ccc(-c3ccc([SH+]c4ccc(-c5ccc(Sc6ccccc6)cc5)cc4)cc3)cc2)cc1. The zero-order chi connectivity index (χ0) is 32.7. The molecule has 0 N–H and O–H groups in total. The molecule has 0 aliphatic rings. The Bertz CT molecular complexity index is 1710. The van der Waals surface area contributed by atoms with Gasteiger partial charge in [-0.2, -0.15) is 0 Å². The number of hydrogen-bond donors (Lipinski definition) is 0. The summed E-state index contributed by atoms with van der Waals surface area (Å²) in [5.41, 5.74) is 4.98. The first-order valence-corrected chi connectivity index (χ1v) is 18.4. The van der Waals surface area contributed by atoms with Crippen LogP contribution in [0.15, 0.2) is 187 Å². The first kappa shape index (κ1) is 33.7. The second-order valence-electron chi connectivity index (χ2n) is 10.0. The predicted molar refractivity (Wildman–Crippen MR) is 184 cm³/mol. The van der Waals surface area contributed by atoms with Crippen LogP contribution in [0.25, 0.3) is 22.3 Å². The van der Waals surface area contributed by atoms with Crippen molar-refractivity contribution in [1.29, 1.82) is 0 Å².